The van der Waals surface area contributed by atoms with Gasteiger partial charge in [-0.15, -0.1) is 22.9 Å². The molecular formula is C52H66ClN9O9S. The van der Waals surface area contributed by atoms with Gasteiger partial charge in [0.1, 0.15) is 24.7 Å². The summed E-state index contributed by atoms with van der Waals surface area (Å²) in [5.41, 5.74) is 16.1. The number of aromatic nitrogens is 1. The number of alkyl halides is 1. The number of likely N-dealkylation sites (N-methyl/N-ethyl adjacent to an activating group) is 2. The largest absolute Gasteiger partial charge is 0.492 e. The van der Waals surface area contributed by atoms with Gasteiger partial charge in [0.2, 0.25) is 5.91 Å². The standard InChI is InChI=1S/C52H66ClN9O9S/c1-31(2)46(54)42(63)25-34(9-8-16-56-50(55)66)48(64)57-37-12-10-33(11-13-37)29-70-51(67)59(4)19-20-60(5)52(68)71-43-26-41-45(44-32(3)30-72-47(43)44)36(27-53)28-62(41)49(65)40-24-35-23-38(14-15-39(35)58-40)69-22-21-61-17-6-7-18-61/h10-15,23-24,26,30-31,34,36,46,58H,6-9,16-22,25,27-29,54H2,1-5H3,(H,57,64)(H3,55,56,66)/t34-,36-,46+/m1/s1. The molecule has 2 aliphatic rings. The van der Waals surface area contributed by atoms with E-state index in [9.17, 15) is 28.8 Å². The highest BCUT2D eigenvalue weighted by Crippen LogP contribution is 2.49. The van der Waals surface area contributed by atoms with Crippen molar-refractivity contribution >= 4 is 91.1 Å². The molecule has 2 aromatic heterocycles. The number of Topliss-reactive ketones (excluding diaryl/α,β-unsaturated/α-hetero) is 1. The molecule has 0 aliphatic carbocycles. The molecule has 0 saturated carbocycles. The first-order valence-electron chi connectivity index (χ1n) is 24.4. The van der Waals surface area contributed by atoms with Crippen LogP contribution in [-0.2, 0) is 20.9 Å². The molecule has 6 amide bonds. The molecule has 3 aromatic carbocycles. The van der Waals surface area contributed by atoms with Crippen LogP contribution in [0.2, 0.25) is 0 Å². The fourth-order valence-corrected chi connectivity index (χ4v) is 10.3. The third kappa shape index (κ3) is 13.2. The molecule has 7 rings (SSSR count). The Hall–Kier alpha value is -6.41. The summed E-state index contributed by atoms with van der Waals surface area (Å²) in [6.45, 7) is 10.2. The molecule has 2 aliphatic heterocycles. The number of amides is 6. The molecule has 1 saturated heterocycles. The first-order valence-corrected chi connectivity index (χ1v) is 25.8. The average Bonchev–Trinajstić information content (AvgIpc) is 4.19. The van der Waals surface area contributed by atoms with Crippen molar-refractivity contribution in [1.29, 1.82) is 0 Å². The number of ketones is 1. The Labute approximate surface area is 428 Å². The van der Waals surface area contributed by atoms with Crippen LogP contribution in [0.15, 0.2) is 60.0 Å². The molecule has 18 nitrogen and oxygen atoms in total. The second-order valence-corrected chi connectivity index (χ2v) is 20.2. The Morgan fingerprint density at radius 3 is 2.39 bits per heavy atom. The summed E-state index contributed by atoms with van der Waals surface area (Å²) in [6.07, 6.45) is 1.91. The van der Waals surface area contributed by atoms with E-state index < -0.39 is 30.2 Å². The van der Waals surface area contributed by atoms with Crippen molar-refractivity contribution < 1.29 is 43.0 Å². The van der Waals surface area contributed by atoms with Crippen molar-refractivity contribution in [3.8, 4) is 11.5 Å². The van der Waals surface area contributed by atoms with Crippen molar-refractivity contribution in [2.24, 2.45) is 23.3 Å². The maximum Gasteiger partial charge on any atom is 0.415 e. The zero-order chi connectivity index (χ0) is 51.6. The van der Waals surface area contributed by atoms with E-state index in [1.807, 2.05) is 50.4 Å². The molecule has 7 N–H and O–H groups in total. The molecule has 386 valence electrons. The number of nitrogens with two attached hydrogens (primary N) is 2. The molecule has 3 atom stereocenters. The second-order valence-electron chi connectivity index (χ2n) is 19.0. The van der Waals surface area contributed by atoms with Gasteiger partial charge in [-0.1, -0.05) is 26.0 Å². The number of hydrogen-bond donors (Lipinski definition) is 5. The van der Waals surface area contributed by atoms with Crippen LogP contribution >= 0.6 is 22.9 Å². The number of urea groups is 1. The first-order chi connectivity index (χ1) is 34.5. The monoisotopic (exact) mass is 1030 g/mol. The highest BCUT2D eigenvalue weighted by atomic mass is 35.5. The maximum absolute atomic E-state index is 14.4. The van der Waals surface area contributed by atoms with Crippen molar-refractivity contribution in [3.05, 3.63) is 82.4 Å². The van der Waals surface area contributed by atoms with E-state index in [-0.39, 0.29) is 62.1 Å². The molecular weight excluding hydrogens is 962 g/mol. The fourth-order valence-electron chi connectivity index (χ4n) is 9.03. The molecule has 5 aromatic rings. The topological polar surface area (TPSA) is 235 Å². The minimum atomic E-state index is -0.702. The second kappa shape index (κ2) is 24.3. The number of rotatable bonds is 22. The number of hydrogen-bond acceptors (Lipinski definition) is 12. The number of anilines is 2. The number of benzene rings is 3. The van der Waals surface area contributed by atoms with E-state index >= 15 is 0 Å². The molecule has 0 spiro atoms. The lowest BCUT2D eigenvalue weighted by Gasteiger charge is -2.22. The summed E-state index contributed by atoms with van der Waals surface area (Å²) in [6, 6.07) is 14.7. The SMILES string of the molecule is Cc1csc2c(OC(=O)N(C)CCN(C)C(=O)OCc3ccc(NC(=O)[C@H](CCCNC(N)=O)CC(=O)[C@@H](N)C(C)C)cc3)cc3c(c12)[C@H](CCl)CN3C(=O)c1cc2cc(OCCN3CCCC3)ccc2[nH]1. The number of primary amides is 1. The number of nitrogens with one attached hydrogen (secondary N) is 3. The van der Waals surface area contributed by atoms with Gasteiger partial charge in [0.15, 0.2) is 11.5 Å². The number of ether oxygens (including phenoxy) is 3. The fraction of sp³-hybridized carbons (Fsp3) is 0.462. The van der Waals surface area contributed by atoms with Gasteiger partial charge < -0.3 is 56.0 Å². The number of likely N-dealkylation sites (tertiary alicyclic amines) is 1. The van der Waals surface area contributed by atoms with Crippen LogP contribution in [0.1, 0.15) is 79.0 Å². The van der Waals surface area contributed by atoms with E-state index in [0.717, 1.165) is 57.5 Å². The lowest BCUT2D eigenvalue weighted by molar-refractivity contribution is -0.127. The lowest BCUT2D eigenvalue weighted by atomic mass is 9.90. The summed E-state index contributed by atoms with van der Waals surface area (Å²) in [5, 5.41) is 9.11. The number of fused-ring (bicyclic) bond motifs is 4. The normalized spacial score (nSPS) is 15.3. The number of aryl methyl sites for hydroxylation is 1. The molecule has 1 fully saturated rings. The average molecular weight is 1030 g/mol. The van der Waals surface area contributed by atoms with Gasteiger partial charge in [0.05, 0.1) is 16.4 Å². The highest BCUT2D eigenvalue weighted by molar-refractivity contribution is 7.17. The Morgan fingerprint density at radius 2 is 1.69 bits per heavy atom. The summed E-state index contributed by atoms with van der Waals surface area (Å²) in [5.74, 6) is -0.382. The van der Waals surface area contributed by atoms with Gasteiger partial charge in [-0.05, 0) is 110 Å². The van der Waals surface area contributed by atoms with Crippen LogP contribution in [0.3, 0.4) is 0 Å². The van der Waals surface area contributed by atoms with Crippen LogP contribution in [0, 0.1) is 18.8 Å². The minimum Gasteiger partial charge on any atom is -0.492 e. The quantitative estimate of drug-likeness (QED) is 0.0331. The van der Waals surface area contributed by atoms with Gasteiger partial charge in [0.25, 0.3) is 5.91 Å². The lowest BCUT2D eigenvalue weighted by Crippen LogP contribution is -2.38. The van der Waals surface area contributed by atoms with Crippen LogP contribution in [0.4, 0.5) is 25.8 Å². The molecule has 0 radical (unpaired) electrons. The Kier molecular flexibility index (Phi) is 18.0. The zero-order valence-electron chi connectivity index (χ0n) is 41.6. The van der Waals surface area contributed by atoms with Crippen molar-refractivity contribution in [1.82, 2.24) is 25.0 Å². The molecule has 0 unspecified atom stereocenters. The van der Waals surface area contributed by atoms with Gasteiger partial charge in [-0.25, -0.2) is 14.4 Å². The predicted molar refractivity (Wildman–Crippen MR) is 280 cm³/mol. The number of carbonyl (C=O) groups excluding carboxylic acids is 6. The van der Waals surface area contributed by atoms with E-state index in [4.69, 9.17) is 37.3 Å². The number of thiophene rings is 1. The van der Waals surface area contributed by atoms with Crippen molar-refractivity contribution in [3.63, 3.8) is 0 Å². The number of nitrogens with zero attached hydrogens (tertiary/aromatic N) is 4. The van der Waals surface area contributed by atoms with Gasteiger partial charge in [0, 0.05) is 99.0 Å². The Bertz CT molecular complexity index is 2760. The molecule has 72 heavy (non-hydrogen) atoms. The predicted octanol–water partition coefficient (Wildman–Crippen LogP) is 7.79. The molecule has 4 heterocycles. The Balaban J connectivity index is 0.928. The number of H-pyrrole nitrogens is 1. The van der Waals surface area contributed by atoms with Gasteiger partial charge in [-0.3, -0.25) is 19.3 Å². The first kappa shape index (κ1) is 53.4. The van der Waals surface area contributed by atoms with E-state index in [2.05, 4.69) is 20.5 Å². The van der Waals surface area contributed by atoms with Crippen LogP contribution < -0.4 is 36.5 Å². The van der Waals surface area contributed by atoms with Crippen molar-refractivity contribution in [2.75, 3.05) is 82.6 Å². The summed E-state index contributed by atoms with van der Waals surface area (Å²) in [4.78, 5) is 88.4. The van der Waals surface area contributed by atoms with Crippen LogP contribution in [0.25, 0.3) is 21.0 Å². The van der Waals surface area contributed by atoms with Crippen LogP contribution in [-0.4, -0.2) is 134 Å². The molecule has 20 heteroatoms. The smallest absolute Gasteiger partial charge is 0.415 e. The van der Waals surface area contributed by atoms with E-state index in [1.54, 1.807) is 49.3 Å². The maximum atomic E-state index is 14.4. The summed E-state index contributed by atoms with van der Waals surface area (Å²) >= 11 is 8.04. The summed E-state index contributed by atoms with van der Waals surface area (Å²) < 4.78 is 18.5. The van der Waals surface area contributed by atoms with Crippen molar-refractivity contribution in [2.45, 2.75) is 71.4 Å². The van der Waals surface area contributed by atoms with Gasteiger partial charge >= 0.3 is 18.2 Å². The van der Waals surface area contributed by atoms with Crippen LogP contribution in [0.5, 0.6) is 11.5 Å². The minimum absolute atomic E-state index is 0.0455. The van der Waals surface area contributed by atoms with E-state index in [1.165, 1.54) is 34.0 Å². The Morgan fingerprint density at radius 1 is 0.972 bits per heavy atom. The highest BCUT2D eigenvalue weighted by Gasteiger charge is 2.37. The third-order valence-electron chi connectivity index (χ3n) is 13.4. The molecule has 0 bridgehead atoms. The third-order valence-corrected chi connectivity index (χ3v) is 14.8. The number of halogens is 1. The van der Waals surface area contributed by atoms with Gasteiger partial charge in [-0.2, -0.15) is 0 Å². The summed E-state index contributed by atoms with van der Waals surface area (Å²) in [7, 11) is 3.14. The number of aromatic amines is 1. The number of carbonyl (C=O) groups is 6. The zero-order valence-corrected chi connectivity index (χ0v) is 43.2. The van der Waals surface area contributed by atoms with E-state index in [0.29, 0.717) is 60.3 Å².